The number of hydrogen-bond donors (Lipinski definition) is 2. The van der Waals surface area contributed by atoms with Crippen LogP contribution in [-0.4, -0.2) is 35.5 Å². The minimum Gasteiger partial charge on any atom is -0.444 e. The third-order valence-corrected chi connectivity index (χ3v) is 4.05. The minimum absolute atomic E-state index is 0.204. The molecule has 0 radical (unpaired) electrons. The van der Waals surface area contributed by atoms with Crippen molar-refractivity contribution in [3.05, 3.63) is 48.0 Å². The molecular weight excluding hydrogens is 368 g/mol. The van der Waals surface area contributed by atoms with E-state index in [1.165, 1.54) is 0 Å². The van der Waals surface area contributed by atoms with E-state index in [0.717, 1.165) is 5.56 Å². The molecule has 1 rings (SSSR count). The van der Waals surface area contributed by atoms with Crippen LogP contribution in [0.3, 0.4) is 0 Å². The van der Waals surface area contributed by atoms with Gasteiger partial charge < -0.3 is 15.4 Å². The highest BCUT2D eigenvalue weighted by molar-refractivity contribution is 6.01. The fourth-order valence-electron chi connectivity index (χ4n) is 2.78. The summed E-state index contributed by atoms with van der Waals surface area (Å²) in [6, 6.07) is 7.81. The molecule has 29 heavy (non-hydrogen) atoms. The Kier molecular flexibility index (Phi) is 9.08. The molecule has 6 heteroatoms. The number of carbonyl (C=O) groups excluding carboxylic acids is 3. The van der Waals surface area contributed by atoms with Crippen LogP contribution in [0.2, 0.25) is 0 Å². The molecule has 0 fully saturated rings. The summed E-state index contributed by atoms with van der Waals surface area (Å²) in [5.74, 6) is -0.433. The normalized spacial score (nSPS) is 13.3. The first-order chi connectivity index (χ1) is 13.4. The quantitative estimate of drug-likeness (QED) is 0.615. The van der Waals surface area contributed by atoms with Crippen molar-refractivity contribution in [1.29, 1.82) is 0 Å². The van der Waals surface area contributed by atoms with Crippen molar-refractivity contribution in [2.45, 2.75) is 72.1 Å². The first kappa shape index (κ1) is 24.4. The molecule has 6 nitrogen and oxygen atoms in total. The molecule has 0 aliphatic carbocycles. The Bertz CT molecular complexity index is 720. The number of amides is 2. The van der Waals surface area contributed by atoms with Crippen molar-refractivity contribution in [3.63, 3.8) is 0 Å². The first-order valence-electron chi connectivity index (χ1n) is 9.92. The van der Waals surface area contributed by atoms with Crippen molar-refractivity contribution in [2.75, 3.05) is 0 Å². The second kappa shape index (κ2) is 10.8. The summed E-state index contributed by atoms with van der Waals surface area (Å²) < 4.78 is 5.30. The molecule has 0 bridgehead atoms. The van der Waals surface area contributed by atoms with Crippen LogP contribution in [-0.2, 0) is 20.7 Å². The fourth-order valence-corrected chi connectivity index (χ4v) is 2.78. The summed E-state index contributed by atoms with van der Waals surface area (Å²) in [6.07, 6.45) is 0.0870. The first-order valence-corrected chi connectivity index (χ1v) is 9.92. The summed E-state index contributed by atoms with van der Waals surface area (Å²) >= 11 is 0. The van der Waals surface area contributed by atoms with Gasteiger partial charge in [-0.15, -0.1) is 0 Å². The van der Waals surface area contributed by atoms with Crippen molar-refractivity contribution >= 4 is 17.8 Å². The number of rotatable bonds is 9. The standard InChI is InChI=1S/C23H34N2O4/c1-15(2)13-18(20(26)16(3)4)24-21(27)19(14-17-11-9-8-10-12-17)25-22(28)29-23(5,6)7/h8-12,15,18-19H,3,13-14H2,1-2,4-7H3,(H,24,27)(H,25,28)/t18-,19-/m0/s1. The summed E-state index contributed by atoms with van der Waals surface area (Å²) in [4.78, 5) is 37.8. The van der Waals surface area contributed by atoms with Gasteiger partial charge >= 0.3 is 6.09 Å². The van der Waals surface area contributed by atoms with Crippen molar-refractivity contribution in [1.82, 2.24) is 10.6 Å². The molecule has 160 valence electrons. The van der Waals surface area contributed by atoms with Crippen LogP contribution in [0.1, 0.15) is 53.5 Å². The van der Waals surface area contributed by atoms with Crippen LogP contribution in [0.4, 0.5) is 4.79 Å². The molecule has 2 atom stereocenters. The molecule has 0 heterocycles. The summed E-state index contributed by atoms with van der Waals surface area (Å²) in [7, 11) is 0. The van der Waals surface area contributed by atoms with Gasteiger partial charge in [0.25, 0.3) is 0 Å². The molecule has 0 spiro atoms. The number of nitrogens with one attached hydrogen (secondary N) is 2. The van der Waals surface area contributed by atoms with Gasteiger partial charge in [0.2, 0.25) is 5.91 Å². The zero-order valence-electron chi connectivity index (χ0n) is 18.4. The third-order valence-electron chi connectivity index (χ3n) is 4.05. The van der Waals surface area contributed by atoms with Crippen LogP contribution >= 0.6 is 0 Å². The predicted octanol–water partition coefficient (Wildman–Crippen LogP) is 3.80. The van der Waals surface area contributed by atoms with Gasteiger partial charge in [0.15, 0.2) is 5.78 Å². The van der Waals surface area contributed by atoms with E-state index in [0.29, 0.717) is 12.0 Å². The SMILES string of the molecule is C=C(C)C(=O)[C@H](CC(C)C)NC(=O)[C@H](Cc1ccccc1)NC(=O)OC(C)(C)C. The second-order valence-corrected chi connectivity index (χ2v) is 8.72. The summed E-state index contributed by atoms with van der Waals surface area (Å²) in [5.41, 5.74) is 0.583. The van der Waals surface area contributed by atoms with Crippen LogP contribution in [0.5, 0.6) is 0 Å². The van der Waals surface area contributed by atoms with Crippen LogP contribution in [0, 0.1) is 5.92 Å². The molecule has 2 amide bonds. The number of Topliss-reactive ketones (excluding diaryl/α,β-unsaturated/α-hetero) is 1. The highest BCUT2D eigenvalue weighted by Crippen LogP contribution is 2.12. The van der Waals surface area contributed by atoms with Gasteiger partial charge in [-0.05, 0) is 51.2 Å². The van der Waals surface area contributed by atoms with Crippen molar-refractivity contribution < 1.29 is 19.1 Å². The van der Waals surface area contributed by atoms with E-state index in [1.54, 1.807) is 27.7 Å². The molecule has 0 saturated heterocycles. The highest BCUT2D eigenvalue weighted by atomic mass is 16.6. The van der Waals surface area contributed by atoms with Crippen LogP contribution < -0.4 is 10.6 Å². The lowest BCUT2D eigenvalue weighted by Gasteiger charge is -2.26. The van der Waals surface area contributed by atoms with Crippen LogP contribution in [0.15, 0.2) is 42.5 Å². The number of ether oxygens (including phenoxy) is 1. The number of hydrogen-bond acceptors (Lipinski definition) is 4. The molecule has 0 saturated carbocycles. The van der Waals surface area contributed by atoms with E-state index < -0.39 is 29.7 Å². The molecular formula is C23H34N2O4. The smallest absolute Gasteiger partial charge is 0.408 e. The van der Waals surface area contributed by atoms with E-state index in [1.807, 2.05) is 44.2 Å². The molecule has 1 aromatic carbocycles. The van der Waals surface area contributed by atoms with Gasteiger partial charge in [-0.1, -0.05) is 50.8 Å². The second-order valence-electron chi connectivity index (χ2n) is 8.72. The van der Waals surface area contributed by atoms with Gasteiger partial charge in [0.1, 0.15) is 11.6 Å². The molecule has 0 aromatic heterocycles. The van der Waals surface area contributed by atoms with E-state index in [9.17, 15) is 14.4 Å². The highest BCUT2D eigenvalue weighted by Gasteiger charge is 2.29. The lowest BCUT2D eigenvalue weighted by Crippen LogP contribution is -2.53. The average Bonchev–Trinajstić information content (AvgIpc) is 2.58. The summed E-state index contributed by atoms with van der Waals surface area (Å²) in [6.45, 7) is 14.5. The van der Waals surface area contributed by atoms with E-state index in [4.69, 9.17) is 4.74 Å². The number of ketones is 1. The Balaban J connectivity index is 3.01. The monoisotopic (exact) mass is 402 g/mol. The Morgan fingerprint density at radius 2 is 1.62 bits per heavy atom. The van der Waals surface area contributed by atoms with Crippen molar-refractivity contribution in [2.24, 2.45) is 5.92 Å². The largest absolute Gasteiger partial charge is 0.444 e. The predicted molar refractivity (Wildman–Crippen MR) is 115 cm³/mol. The van der Waals surface area contributed by atoms with E-state index in [2.05, 4.69) is 17.2 Å². The van der Waals surface area contributed by atoms with Crippen LogP contribution in [0.25, 0.3) is 0 Å². The Morgan fingerprint density at radius 1 is 1.03 bits per heavy atom. The topological polar surface area (TPSA) is 84.5 Å². The third kappa shape index (κ3) is 9.41. The Labute approximate surface area is 174 Å². The van der Waals surface area contributed by atoms with Gasteiger partial charge in [-0.2, -0.15) is 0 Å². The molecule has 0 aliphatic heterocycles. The molecule has 0 aliphatic rings. The molecule has 2 N–H and O–H groups in total. The maximum absolute atomic E-state index is 13.0. The van der Waals surface area contributed by atoms with Gasteiger partial charge in [0.05, 0.1) is 6.04 Å². The minimum atomic E-state index is -0.875. The Hall–Kier alpha value is -2.63. The zero-order chi connectivity index (χ0) is 22.2. The van der Waals surface area contributed by atoms with E-state index in [-0.39, 0.29) is 18.1 Å². The molecule has 0 unspecified atom stereocenters. The lowest BCUT2D eigenvalue weighted by atomic mass is 9.96. The zero-order valence-corrected chi connectivity index (χ0v) is 18.4. The van der Waals surface area contributed by atoms with E-state index >= 15 is 0 Å². The maximum atomic E-state index is 13.0. The maximum Gasteiger partial charge on any atom is 0.408 e. The average molecular weight is 403 g/mol. The summed E-state index contributed by atoms with van der Waals surface area (Å²) in [5, 5.41) is 5.44. The number of benzene rings is 1. The number of carbonyl (C=O) groups is 3. The van der Waals surface area contributed by atoms with Gasteiger partial charge in [0, 0.05) is 6.42 Å². The van der Waals surface area contributed by atoms with Gasteiger partial charge in [-0.25, -0.2) is 4.79 Å². The lowest BCUT2D eigenvalue weighted by molar-refractivity contribution is -0.127. The molecule has 1 aromatic rings. The van der Waals surface area contributed by atoms with Gasteiger partial charge in [-0.3, -0.25) is 9.59 Å². The van der Waals surface area contributed by atoms with Crippen molar-refractivity contribution in [3.8, 4) is 0 Å². The Morgan fingerprint density at radius 3 is 2.10 bits per heavy atom. The fraction of sp³-hybridized carbons (Fsp3) is 0.522. The number of alkyl carbamates (subject to hydrolysis) is 1.